The van der Waals surface area contributed by atoms with Gasteiger partial charge in [0.25, 0.3) is 0 Å². The summed E-state index contributed by atoms with van der Waals surface area (Å²) in [7, 11) is 0. The van der Waals surface area contributed by atoms with E-state index in [0.29, 0.717) is 12.0 Å². The van der Waals surface area contributed by atoms with Crippen LogP contribution >= 0.6 is 0 Å². The van der Waals surface area contributed by atoms with Crippen molar-refractivity contribution in [2.24, 2.45) is 38.7 Å². The first kappa shape index (κ1) is 41.1. The number of H-pyrrole nitrogens is 1. The van der Waals surface area contributed by atoms with Gasteiger partial charge in [-0.1, -0.05) is 60.7 Å². The normalized spacial score (nSPS) is 13.1. The highest BCUT2D eigenvalue weighted by Gasteiger charge is 2.31. The monoisotopic (exact) mass is 754 g/mol. The highest BCUT2D eigenvalue weighted by atomic mass is 16.2. The number of primary amides is 1. The predicted molar refractivity (Wildman–Crippen MR) is 212 cm³/mol. The molecule has 4 aromatic rings. The van der Waals surface area contributed by atoms with E-state index in [1.54, 1.807) is 6.20 Å². The molecule has 0 aliphatic carbocycles. The van der Waals surface area contributed by atoms with Gasteiger partial charge in [-0.05, 0) is 53.6 Å². The van der Waals surface area contributed by atoms with E-state index in [2.05, 4.69) is 36.2 Å². The summed E-state index contributed by atoms with van der Waals surface area (Å²) in [6, 6.07) is 16.4. The van der Waals surface area contributed by atoms with E-state index in [1.807, 2.05) is 66.7 Å². The number of guanidine groups is 2. The van der Waals surface area contributed by atoms with Crippen LogP contribution in [0.3, 0.4) is 0 Å². The van der Waals surface area contributed by atoms with Crippen LogP contribution in [0.15, 0.2) is 82.9 Å². The van der Waals surface area contributed by atoms with Gasteiger partial charge in [-0.3, -0.25) is 34.0 Å². The Labute approximate surface area is 318 Å². The predicted octanol–water partition coefficient (Wildman–Crippen LogP) is -0.342. The second-order valence-electron chi connectivity index (χ2n) is 13.2. The van der Waals surface area contributed by atoms with Crippen molar-refractivity contribution in [1.82, 2.24) is 26.3 Å². The Morgan fingerprint density at radius 3 is 1.82 bits per heavy atom. The lowest BCUT2D eigenvalue weighted by molar-refractivity contribution is -0.134. The Morgan fingerprint density at radius 2 is 1.18 bits per heavy atom. The molecule has 0 spiro atoms. The maximum Gasteiger partial charge on any atom is 0.243 e. The van der Waals surface area contributed by atoms with E-state index in [4.69, 9.17) is 28.7 Å². The number of rotatable bonds is 20. The molecule has 0 aliphatic rings. The smallest absolute Gasteiger partial charge is 0.243 e. The van der Waals surface area contributed by atoms with Crippen LogP contribution in [0.25, 0.3) is 21.7 Å². The number of nitrogens with two attached hydrogens (primary N) is 5. The first-order chi connectivity index (χ1) is 26.3. The van der Waals surface area contributed by atoms with E-state index in [1.165, 1.54) is 6.92 Å². The van der Waals surface area contributed by atoms with Crippen molar-refractivity contribution in [3.63, 3.8) is 0 Å². The number of fused-ring (bicyclic) bond motifs is 2. The SMILES string of the molecule is CC(=O)N[C@H](Cc1ccc2ccccc2c1)C(=O)N[C@@H](CCCN=C(N)N)C(=O)N[C@@H](Cc1c[nH]c2ccccc12)C(=O)N[C@@H](CCCN=C(N)N)C(N)=O. The van der Waals surface area contributed by atoms with E-state index >= 15 is 0 Å². The van der Waals surface area contributed by atoms with Crippen molar-refractivity contribution in [1.29, 1.82) is 0 Å². The van der Waals surface area contributed by atoms with Crippen molar-refractivity contribution in [3.05, 3.63) is 84.1 Å². The quantitative estimate of drug-likeness (QED) is 0.0320. The van der Waals surface area contributed by atoms with Crippen LogP contribution in [0.2, 0.25) is 0 Å². The van der Waals surface area contributed by atoms with Crippen molar-refractivity contribution in [3.8, 4) is 0 Å². The lowest BCUT2D eigenvalue weighted by Gasteiger charge is -2.26. The number of hydrogen-bond acceptors (Lipinski definition) is 7. The highest BCUT2D eigenvalue weighted by Crippen LogP contribution is 2.20. The van der Waals surface area contributed by atoms with E-state index < -0.39 is 53.7 Å². The second kappa shape index (κ2) is 20.0. The molecule has 0 unspecified atom stereocenters. The maximum atomic E-state index is 14.1. The second-order valence-corrected chi connectivity index (χ2v) is 13.2. The number of carbonyl (C=O) groups is 5. The van der Waals surface area contributed by atoms with Gasteiger partial charge in [0.05, 0.1) is 0 Å². The van der Waals surface area contributed by atoms with Crippen LogP contribution in [0.5, 0.6) is 0 Å². The Balaban J connectivity index is 1.59. The third-order valence-electron chi connectivity index (χ3n) is 8.86. The van der Waals surface area contributed by atoms with Gasteiger partial charge in [0.15, 0.2) is 11.9 Å². The Kier molecular flexibility index (Phi) is 14.9. The summed E-state index contributed by atoms with van der Waals surface area (Å²) >= 11 is 0. The maximum absolute atomic E-state index is 14.1. The molecule has 15 N–H and O–H groups in total. The minimum absolute atomic E-state index is 0.0201. The Bertz CT molecular complexity index is 2040. The summed E-state index contributed by atoms with van der Waals surface area (Å²) in [5.41, 5.74) is 29.8. The Hall–Kier alpha value is -6.65. The molecule has 1 heterocycles. The van der Waals surface area contributed by atoms with Gasteiger partial charge in [-0.15, -0.1) is 0 Å². The summed E-state index contributed by atoms with van der Waals surface area (Å²) in [4.78, 5) is 77.6. The number of nitrogens with one attached hydrogen (secondary N) is 5. The molecular formula is C38H50N12O5. The van der Waals surface area contributed by atoms with Crippen molar-refractivity contribution >= 4 is 63.1 Å². The third kappa shape index (κ3) is 12.8. The molecule has 55 heavy (non-hydrogen) atoms. The van der Waals surface area contributed by atoms with Gasteiger partial charge in [0.2, 0.25) is 29.5 Å². The molecule has 17 nitrogen and oxygen atoms in total. The third-order valence-corrected chi connectivity index (χ3v) is 8.86. The van der Waals surface area contributed by atoms with E-state index in [9.17, 15) is 24.0 Å². The zero-order valence-corrected chi connectivity index (χ0v) is 30.7. The number of carbonyl (C=O) groups excluding carboxylic acids is 5. The van der Waals surface area contributed by atoms with Gasteiger partial charge >= 0.3 is 0 Å². The van der Waals surface area contributed by atoms with Gasteiger partial charge in [0, 0.05) is 50.0 Å². The van der Waals surface area contributed by atoms with E-state index in [-0.39, 0.29) is 57.1 Å². The summed E-state index contributed by atoms with van der Waals surface area (Å²) in [5, 5.41) is 13.7. The lowest BCUT2D eigenvalue weighted by Crippen LogP contribution is -2.58. The lowest BCUT2D eigenvalue weighted by atomic mass is 10.00. The van der Waals surface area contributed by atoms with Crippen LogP contribution in [0.4, 0.5) is 0 Å². The highest BCUT2D eigenvalue weighted by molar-refractivity contribution is 5.96. The molecule has 5 amide bonds. The van der Waals surface area contributed by atoms with Crippen LogP contribution in [-0.2, 0) is 36.8 Å². The van der Waals surface area contributed by atoms with Crippen molar-refractivity contribution < 1.29 is 24.0 Å². The van der Waals surface area contributed by atoms with Crippen molar-refractivity contribution in [2.45, 2.75) is 69.6 Å². The first-order valence-corrected chi connectivity index (χ1v) is 17.9. The zero-order valence-electron chi connectivity index (χ0n) is 30.7. The molecule has 17 heteroatoms. The minimum Gasteiger partial charge on any atom is -0.370 e. The number of nitrogens with zero attached hydrogens (tertiary/aromatic N) is 2. The molecule has 0 aliphatic heterocycles. The van der Waals surface area contributed by atoms with Gasteiger partial charge < -0.3 is 54.9 Å². The van der Waals surface area contributed by atoms with Crippen LogP contribution in [0, 0.1) is 0 Å². The van der Waals surface area contributed by atoms with Crippen LogP contribution in [0.1, 0.15) is 43.7 Å². The molecule has 0 bridgehead atoms. The largest absolute Gasteiger partial charge is 0.370 e. The topological polar surface area (TPSA) is 304 Å². The minimum atomic E-state index is -1.22. The molecule has 4 rings (SSSR count). The Morgan fingerprint density at radius 1 is 0.636 bits per heavy atom. The molecular weight excluding hydrogens is 704 g/mol. The standard InChI is InChI=1S/C38H50N12O5/c1-22(51)47-31(19-23-14-15-24-8-2-3-9-25(24)18-23)35(54)49-30(13-7-17-45-38(42)43)34(53)50-32(20-26-21-46-28-11-5-4-10-27(26)28)36(55)48-29(33(39)52)12-6-16-44-37(40)41/h2-5,8-11,14-15,18,21,29-32,46H,6-7,12-13,16-17,19-20H2,1H3,(H2,39,52)(H,47,51)(H,48,55)(H,49,54)(H,50,53)(H4,40,41,44)(H4,42,43,45)/t29-,30-,31+,32-/m0/s1. The van der Waals surface area contributed by atoms with E-state index in [0.717, 1.165) is 27.2 Å². The average molecular weight is 755 g/mol. The summed E-state index contributed by atoms with van der Waals surface area (Å²) in [6.07, 6.45) is 2.73. The fourth-order valence-corrected chi connectivity index (χ4v) is 6.16. The average Bonchev–Trinajstić information content (AvgIpc) is 3.55. The molecule has 0 fully saturated rings. The first-order valence-electron chi connectivity index (χ1n) is 17.9. The fraction of sp³-hybridized carbons (Fsp3) is 0.342. The number of para-hydroxylation sites is 1. The fourth-order valence-electron chi connectivity index (χ4n) is 6.16. The van der Waals surface area contributed by atoms with Crippen LogP contribution < -0.4 is 49.9 Å². The zero-order chi connectivity index (χ0) is 39.9. The summed E-state index contributed by atoms with van der Waals surface area (Å²) < 4.78 is 0. The van der Waals surface area contributed by atoms with Crippen LogP contribution in [-0.4, -0.2) is 83.7 Å². The summed E-state index contributed by atoms with van der Waals surface area (Å²) in [5.74, 6) is -3.45. The number of aliphatic imine (C=N–C) groups is 2. The van der Waals surface area contributed by atoms with Gasteiger partial charge in [-0.2, -0.15) is 0 Å². The van der Waals surface area contributed by atoms with Gasteiger partial charge in [0.1, 0.15) is 24.2 Å². The molecule has 0 radical (unpaired) electrons. The molecule has 292 valence electrons. The number of aromatic nitrogens is 1. The van der Waals surface area contributed by atoms with Crippen molar-refractivity contribution in [2.75, 3.05) is 13.1 Å². The molecule has 4 atom stereocenters. The number of benzene rings is 3. The number of hydrogen-bond donors (Lipinski definition) is 10. The van der Waals surface area contributed by atoms with Gasteiger partial charge in [-0.25, -0.2) is 0 Å². The molecule has 3 aromatic carbocycles. The number of amides is 5. The molecule has 0 saturated carbocycles. The number of aromatic amines is 1. The summed E-state index contributed by atoms with van der Waals surface area (Å²) in [6.45, 7) is 1.67. The molecule has 1 aromatic heterocycles. The molecule has 0 saturated heterocycles.